The van der Waals surface area contributed by atoms with Gasteiger partial charge < -0.3 is 5.73 Å². The maximum absolute atomic E-state index is 12.3. The third-order valence-electron chi connectivity index (χ3n) is 3.63. The van der Waals surface area contributed by atoms with Crippen molar-refractivity contribution in [2.24, 2.45) is 5.73 Å². The van der Waals surface area contributed by atoms with Gasteiger partial charge in [0.15, 0.2) is 0 Å². The molecule has 1 aliphatic rings. The van der Waals surface area contributed by atoms with Crippen LogP contribution in [0.2, 0.25) is 0 Å². The molecule has 1 aliphatic carbocycles. The summed E-state index contributed by atoms with van der Waals surface area (Å²) in [4.78, 5) is 0.535. The minimum Gasteiger partial charge on any atom is -0.389 e. The summed E-state index contributed by atoms with van der Waals surface area (Å²) in [5.41, 5.74) is 6.18. The van der Waals surface area contributed by atoms with Crippen LogP contribution in [0.15, 0.2) is 29.2 Å². The molecule has 2 rings (SSSR count). The molecule has 0 unspecified atom stereocenters. The molecule has 0 aromatic heterocycles. The molecule has 4 nitrogen and oxygen atoms in total. The van der Waals surface area contributed by atoms with E-state index in [9.17, 15) is 8.42 Å². The van der Waals surface area contributed by atoms with Crippen molar-refractivity contribution in [2.45, 2.75) is 49.5 Å². The molecule has 6 heteroatoms. The molecule has 110 valence electrons. The van der Waals surface area contributed by atoms with Crippen LogP contribution in [0.1, 0.15) is 44.1 Å². The minimum atomic E-state index is -3.45. The second kappa shape index (κ2) is 6.65. The van der Waals surface area contributed by atoms with E-state index in [4.69, 9.17) is 18.0 Å². The van der Waals surface area contributed by atoms with Crippen molar-refractivity contribution in [2.75, 3.05) is 0 Å². The molecule has 0 aliphatic heterocycles. The average molecular weight is 312 g/mol. The first-order valence-electron chi connectivity index (χ1n) is 6.91. The topological polar surface area (TPSA) is 72.2 Å². The van der Waals surface area contributed by atoms with Gasteiger partial charge in [-0.15, -0.1) is 0 Å². The summed E-state index contributed by atoms with van der Waals surface area (Å²) in [6, 6.07) is 6.44. The Kier molecular flexibility index (Phi) is 5.12. The van der Waals surface area contributed by atoms with Crippen LogP contribution >= 0.6 is 12.2 Å². The lowest BCUT2D eigenvalue weighted by atomic mass is 10.1. The third kappa shape index (κ3) is 4.01. The highest BCUT2D eigenvalue weighted by Crippen LogP contribution is 2.19. The Hall–Kier alpha value is -0.980. The first-order valence-corrected chi connectivity index (χ1v) is 8.80. The van der Waals surface area contributed by atoms with E-state index < -0.39 is 10.0 Å². The normalized spacial score (nSPS) is 17.6. The fourth-order valence-corrected chi connectivity index (χ4v) is 3.92. The summed E-state index contributed by atoms with van der Waals surface area (Å²) in [6.45, 7) is 0. The molecule has 0 saturated heterocycles. The quantitative estimate of drug-likeness (QED) is 0.661. The second-order valence-corrected chi connectivity index (χ2v) is 7.35. The smallest absolute Gasteiger partial charge is 0.240 e. The number of nitrogens with two attached hydrogens (primary N) is 1. The molecule has 1 aromatic rings. The molecule has 20 heavy (non-hydrogen) atoms. The van der Waals surface area contributed by atoms with Crippen molar-refractivity contribution in [1.29, 1.82) is 0 Å². The monoisotopic (exact) mass is 312 g/mol. The lowest BCUT2D eigenvalue weighted by Crippen LogP contribution is -2.34. The van der Waals surface area contributed by atoms with E-state index in [1.807, 2.05) is 0 Å². The number of nitrogens with one attached hydrogen (secondary N) is 1. The fraction of sp³-hybridized carbons (Fsp3) is 0.500. The molecule has 0 spiro atoms. The van der Waals surface area contributed by atoms with Gasteiger partial charge in [-0.05, 0) is 25.0 Å². The van der Waals surface area contributed by atoms with Crippen molar-refractivity contribution in [1.82, 2.24) is 4.72 Å². The van der Waals surface area contributed by atoms with Gasteiger partial charge >= 0.3 is 0 Å². The van der Waals surface area contributed by atoms with Gasteiger partial charge in [0, 0.05) is 11.6 Å². The highest BCUT2D eigenvalue weighted by Gasteiger charge is 2.21. The van der Waals surface area contributed by atoms with Gasteiger partial charge in [0.25, 0.3) is 0 Å². The lowest BCUT2D eigenvalue weighted by Gasteiger charge is -2.16. The molecular formula is C14H20N2O2S2. The summed E-state index contributed by atoms with van der Waals surface area (Å²) in [6.07, 6.45) is 6.41. The van der Waals surface area contributed by atoms with Crippen LogP contribution in [-0.2, 0) is 10.0 Å². The highest BCUT2D eigenvalue weighted by atomic mass is 32.2. The largest absolute Gasteiger partial charge is 0.389 e. The van der Waals surface area contributed by atoms with E-state index >= 15 is 0 Å². The van der Waals surface area contributed by atoms with Crippen LogP contribution in [0, 0.1) is 0 Å². The van der Waals surface area contributed by atoms with E-state index in [0.717, 1.165) is 25.7 Å². The average Bonchev–Trinajstić information content (AvgIpc) is 2.67. The third-order valence-corrected chi connectivity index (χ3v) is 5.40. The standard InChI is InChI=1S/C14H20N2O2S2/c15-14(19)11-7-9-13(10-8-11)20(17,18)16-12-5-3-1-2-4-6-12/h7-10,12,16H,1-6H2,(H2,15,19). The van der Waals surface area contributed by atoms with Crippen molar-refractivity contribution in [3.05, 3.63) is 29.8 Å². The van der Waals surface area contributed by atoms with Crippen LogP contribution in [-0.4, -0.2) is 19.4 Å². The zero-order chi connectivity index (χ0) is 14.6. The van der Waals surface area contributed by atoms with Crippen LogP contribution < -0.4 is 10.5 Å². The second-order valence-electron chi connectivity index (χ2n) is 5.20. The lowest BCUT2D eigenvalue weighted by molar-refractivity contribution is 0.510. The Morgan fingerprint density at radius 2 is 1.65 bits per heavy atom. The summed E-state index contributed by atoms with van der Waals surface area (Å²) in [5.74, 6) is 0. The fourth-order valence-electron chi connectivity index (χ4n) is 2.48. The van der Waals surface area contributed by atoms with Crippen molar-refractivity contribution in [3.63, 3.8) is 0 Å². The molecule has 1 fully saturated rings. The minimum absolute atomic E-state index is 0.0535. The molecule has 0 heterocycles. The molecular weight excluding hydrogens is 292 g/mol. The first-order chi connectivity index (χ1) is 9.49. The summed E-state index contributed by atoms with van der Waals surface area (Å²) in [7, 11) is -3.45. The highest BCUT2D eigenvalue weighted by molar-refractivity contribution is 7.89. The molecule has 0 amide bonds. The van der Waals surface area contributed by atoms with Crippen molar-refractivity contribution >= 4 is 27.2 Å². The number of rotatable bonds is 4. The Bertz CT molecular complexity index is 559. The number of sulfonamides is 1. The van der Waals surface area contributed by atoms with Gasteiger partial charge in [0.1, 0.15) is 4.99 Å². The van der Waals surface area contributed by atoms with Gasteiger partial charge in [-0.25, -0.2) is 13.1 Å². The number of hydrogen-bond donors (Lipinski definition) is 2. The number of thiocarbonyl (C=S) groups is 1. The van der Waals surface area contributed by atoms with E-state index in [0.29, 0.717) is 5.56 Å². The molecule has 1 aromatic carbocycles. The molecule has 0 atom stereocenters. The molecule has 0 bridgehead atoms. The Morgan fingerprint density at radius 3 is 2.15 bits per heavy atom. The zero-order valence-corrected chi connectivity index (χ0v) is 13.0. The van der Waals surface area contributed by atoms with Crippen LogP contribution in [0.25, 0.3) is 0 Å². The Labute approximate surface area is 125 Å². The SMILES string of the molecule is NC(=S)c1ccc(S(=O)(=O)NC2CCCCCC2)cc1. The van der Waals surface area contributed by atoms with Gasteiger partial charge in [-0.3, -0.25) is 0 Å². The Balaban J connectivity index is 2.10. The first kappa shape index (κ1) is 15.4. The van der Waals surface area contributed by atoms with Gasteiger partial charge in [0.2, 0.25) is 10.0 Å². The molecule has 3 N–H and O–H groups in total. The van der Waals surface area contributed by atoms with Gasteiger partial charge in [-0.2, -0.15) is 0 Å². The van der Waals surface area contributed by atoms with Gasteiger partial charge in [0.05, 0.1) is 4.90 Å². The molecule has 0 radical (unpaired) electrons. The van der Waals surface area contributed by atoms with E-state index in [1.165, 1.54) is 12.8 Å². The van der Waals surface area contributed by atoms with Crippen molar-refractivity contribution in [3.8, 4) is 0 Å². The maximum Gasteiger partial charge on any atom is 0.240 e. The predicted octanol–water partition coefficient (Wildman–Crippen LogP) is 2.32. The van der Waals surface area contributed by atoms with Crippen LogP contribution in [0.5, 0.6) is 0 Å². The van der Waals surface area contributed by atoms with Crippen LogP contribution in [0.4, 0.5) is 0 Å². The van der Waals surface area contributed by atoms with Crippen molar-refractivity contribution < 1.29 is 8.42 Å². The van der Waals surface area contributed by atoms with E-state index in [1.54, 1.807) is 24.3 Å². The van der Waals surface area contributed by atoms with E-state index in [-0.39, 0.29) is 15.9 Å². The number of hydrogen-bond acceptors (Lipinski definition) is 3. The number of benzene rings is 1. The predicted molar refractivity (Wildman–Crippen MR) is 84.1 cm³/mol. The zero-order valence-electron chi connectivity index (χ0n) is 11.3. The van der Waals surface area contributed by atoms with E-state index in [2.05, 4.69) is 4.72 Å². The Morgan fingerprint density at radius 1 is 1.10 bits per heavy atom. The van der Waals surface area contributed by atoms with Gasteiger partial charge in [-0.1, -0.05) is 50.0 Å². The van der Waals surface area contributed by atoms with Crippen LogP contribution in [0.3, 0.4) is 0 Å². The maximum atomic E-state index is 12.3. The molecule has 1 saturated carbocycles. The summed E-state index contributed by atoms with van der Waals surface area (Å²) >= 11 is 4.86. The summed E-state index contributed by atoms with van der Waals surface area (Å²) in [5, 5.41) is 0. The summed E-state index contributed by atoms with van der Waals surface area (Å²) < 4.78 is 27.4.